The van der Waals surface area contributed by atoms with Gasteiger partial charge in [0.2, 0.25) is 0 Å². The lowest BCUT2D eigenvalue weighted by Gasteiger charge is -2.40. The van der Waals surface area contributed by atoms with Crippen LogP contribution in [0, 0.1) is 0 Å². The fourth-order valence-corrected chi connectivity index (χ4v) is 5.64. The average molecular weight is 461 g/mol. The summed E-state index contributed by atoms with van der Waals surface area (Å²) in [5.41, 5.74) is 6.42. The van der Waals surface area contributed by atoms with Gasteiger partial charge in [0.1, 0.15) is 0 Å². The molecule has 0 atom stereocenters. The Morgan fingerprint density at radius 3 is 2.36 bits per heavy atom. The Labute approximate surface area is 203 Å². The second-order valence-electron chi connectivity index (χ2n) is 9.30. The third-order valence-electron chi connectivity index (χ3n) is 7.47. The maximum Gasteiger partial charge on any atom is 0.251 e. The fourth-order valence-electron chi connectivity index (χ4n) is 5.64. The monoisotopic (exact) mass is 460 g/mol. The van der Waals surface area contributed by atoms with Crippen molar-refractivity contribution in [3.05, 3.63) is 95.6 Å². The number of benzene rings is 3. The van der Waals surface area contributed by atoms with Crippen molar-refractivity contribution in [3.63, 3.8) is 0 Å². The molecule has 5 rings (SSSR count). The highest BCUT2D eigenvalue weighted by atomic mass is 35.5. The third kappa shape index (κ3) is 5.00. The molecule has 0 unspecified atom stereocenters. The van der Waals surface area contributed by atoms with E-state index < -0.39 is 0 Å². The van der Waals surface area contributed by atoms with Gasteiger partial charge in [0.25, 0.3) is 5.91 Å². The minimum absolute atomic E-state index is 0. The van der Waals surface area contributed by atoms with Gasteiger partial charge in [-0.25, -0.2) is 0 Å². The summed E-state index contributed by atoms with van der Waals surface area (Å²) in [5.74, 6) is 0.0182. The van der Waals surface area contributed by atoms with Crippen molar-refractivity contribution in [1.82, 2.24) is 10.2 Å². The number of piperidine rings is 1. The van der Waals surface area contributed by atoms with Gasteiger partial charge in [0.15, 0.2) is 0 Å². The summed E-state index contributed by atoms with van der Waals surface area (Å²) in [5, 5.41) is 3.14. The lowest BCUT2D eigenvalue weighted by molar-refractivity contribution is 0.0950. The summed E-state index contributed by atoms with van der Waals surface area (Å²) in [6.45, 7) is 4.10. The summed E-state index contributed by atoms with van der Waals surface area (Å²) in [4.78, 5) is 15.4. The molecular formula is C29H33ClN2O. The molecular weight excluding hydrogens is 428 g/mol. The molecule has 2 aliphatic rings. The van der Waals surface area contributed by atoms with E-state index in [-0.39, 0.29) is 18.3 Å². The van der Waals surface area contributed by atoms with Gasteiger partial charge in [-0.3, -0.25) is 4.79 Å². The zero-order valence-electron chi connectivity index (χ0n) is 19.1. The second-order valence-corrected chi connectivity index (χ2v) is 9.30. The van der Waals surface area contributed by atoms with E-state index in [2.05, 4.69) is 46.6 Å². The number of nitrogens with zero attached hydrogens (tertiary/aromatic N) is 1. The van der Waals surface area contributed by atoms with Gasteiger partial charge in [-0.1, -0.05) is 72.8 Å². The molecule has 1 aliphatic carbocycles. The van der Waals surface area contributed by atoms with E-state index in [0.717, 1.165) is 29.7 Å². The van der Waals surface area contributed by atoms with Crippen LogP contribution in [-0.2, 0) is 11.8 Å². The highest BCUT2D eigenvalue weighted by molar-refractivity contribution is 6.00. The van der Waals surface area contributed by atoms with Crippen molar-refractivity contribution in [2.45, 2.75) is 37.5 Å². The van der Waals surface area contributed by atoms with Crippen LogP contribution in [0.1, 0.15) is 47.2 Å². The lowest BCUT2D eigenvalue weighted by Crippen LogP contribution is -2.42. The molecule has 1 saturated heterocycles. The number of carbonyl (C=O) groups is 1. The van der Waals surface area contributed by atoms with E-state index in [0.29, 0.717) is 12.0 Å². The first-order valence-electron chi connectivity index (χ1n) is 12.0. The van der Waals surface area contributed by atoms with Crippen LogP contribution in [0.4, 0.5) is 0 Å². The number of likely N-dealkylation sites (tertiary alicyclic amines) is 1. The van der Waals surface area contributed by atoms with Gasteiger partial charge in [-0.2, -0.15) is 0 Å². The van der Waals surface area contributed by atoms with Crippen molar-refractivity contribution in [1.29, 1.82) is 0 Å². The minimum Gasteiger partial charge on any atom is -0.352 e. The number of fused-ring (bicyclic) bond motifs is 2. The van der Waals surface area contributed by atoms with Crippen molar-refractivity contribution >= 4 is 18.3 Å². The van der Waals surface area contributed by atoms with Gasteiger partial charge in [0.05, 0.1) is 0 Å². The van der Waals surface area contributed by atoms with E-state index in [1.807, 2.05) is 42.5 Å². The normalized spacial score (nSPS) is 16.7. The number of nitrogens with one attached hydrogen (secondary N) is 1. The summed E-state index contributed by atoms with van der Waals surface area (Å²) in [6, 6.07) is 27.1. The van der Waals surface area contributed by atoms with Crippen LogP contribution >= 0.6 is 12.4 Å². The van der Waals surface area contributed by atoms with Crippen molar-refractivity contribution in [2.75, 3.05) is 26.2 Å². The summed E-state index contributed by atoms with van der Waals surface area (Å²) >= 11 is 0. The molecule has 1 fully saturated rings. The van der Waals surface area contributed by atoms with E-state index >= 15 is 0 Å². The molecule has 0 bridgehead atoms. The topological polar surface area (TPSA) is 32.3 Å². The molecule has 1 heterocycles. The SMILES string of the molecule is Cl.O=C(NCCCN1CCC2(CCc3ccccc32)CC1)c1ccccc1-c1ccccc1. The van der Waals surface area contributed by atoms with Crippen molar-refractivity contribution in [2.24, 2.45) is 0 Å². The standard InChI is InChI=1S/C29H32N2O.ClH/c32-28(26-13-6-5-12-25(26)23-9-2-1-3-10-23)30-19-8-20-31-21-17-29(18-22-31)16-15-24-11-4-7-14-27(24)29;/h1-7,9-14H,8,15-22H2,(H,30,32);1H. The molecule has 4 heteroatoms. The predicted octanol–water partition coefficient (Wildman–Crippen LogP) is 5.88. The van der Waals surface area contributed by atoms with Crippen LogP contribution in [0.25, 0.3) is 11.1 Å². The molecule has 0 radical (unpaired) electrons. The molecule has 172 valence electrons. The van der Waals surface area contributed by atoms with Gasteiger partial charge in [0, 0.05) is 12.1 Å². The molecule has 0 aromatic heterocycles. The highest BCUT2D eigenvalue weighted by Gasteiger charge is 2.40. The van der Waals surface area contributed by atoms with Gasteiger partial charge >= 0.3 is 0 Å². The van der Waals surface area contributed by atoms with Crippen LogP contribution in [0.3, 0.4) is 0 Å². The third-order valence-corrected chi connectivity index (χ3v) is 7.47. The van der Waals surface area contributed by atoms with Crippen LogP contribution in [0.5, 0.6) is 0 Å². The first-order chi connectivity index (χ1) is 15.8. The average Bonchev–Trinajstić information content (AvgIpc) is 3.21. The Morgan fingerprint density at radius 1 is 0.848 bits per heavy atom. The predicted molar refractivity (Wildman–Crippen MR) is 138 cm³/mol. The zero-order valence-corrected chi connectivity index (χ0v) is 19.9. The van der Waals surface area contributed by atoms with E-state index in [9.17, 15) is 4.79 Å². The number of hydrogen-bond acceptors (Lipinski definition) is 2. The van der Waals surface area contributed by atoms with E-state index in [1.54, 1.807) is 11.1 Å². The van der Waals surface area contributed by atoms with Crippen LogP contribution in [-0.4, -0.2) is 37.0 Å². The van der Waals surface area contributed by atoms with Gasteiger partial charge in [-0.05, 0) is 85.5 Å². The number of aryl methyl sites for hydroxylation is 1. The van der Waals surface area contributed by atoms with Gasteiger partial charge < -0.3 is 10.2 Å². The number of halogens is 1. The lowest BCUT2D eigenvalue weighted by atomic mass is 9.74. The minimum atomic E-state index is 0. The quantitative estimate of drug-likeness (QED) is 0.466. The molecule has 3 aromatic rings. The highest BCUT2D eigenvalue weighted by Crippen LogP contribution is 2.46. The Balaban J connectivity index is 0.00000259. The Hall–Kier alpha value is -2.62. The number of hydrogen-bond donors (Lipinski definition) is 1. The van der Waals surface area contributed by atoms with E-state index in [1.165, 1.54) is 38.8 Å². The number of carbonyl (C=O) groups excluding carboxylic acids is 1. The van der Waals surface area contributed by atoms with Crippen molar-refractivity contribution in [3.8, 4) is 11.1 Å². The fraction of sp³-hybridized carbons (Fsp3) is 0.345. The number of rotatable bonds is 6. The van der Waals surface area contributed by atoms with Crippen LogP contribution < -0.4 is 5.32 Å². The largest absolute Gasteiger partial charge is 0.352 e. The second kappa shape index (κ2) is 10.5. The molecule has 1 spiro atoms. The summed E-state index contributed by atoms with van der Waals surface area (Å²) < 4.78 is 0. The molecule has 3 nitrogen and oxygen atoms in total. The summed E-state index contributed by atoms with van der Waals surface area (Å²) in [7, 11) is 0. The maximum atomic E-state index is 12.9. The van der Waals surface area contributed by atoms with Crippen LogP contribution in [0.15, 0.2) is 78.9 Å². The first-order valence-corrected chi connectivity index (χ1v) is 12.0. The maximum absolute atomic E-state index is 12.9. The molecule has 0 saturated carbocycles. The van der Waals surface area contributed by atoms with Crippen LogP contribution in [0.2, 0.25) is 0 Å². The molecule has 1 N–H and O–H groups in total. The zero-order chi connectivity index (χ0) is 21.8. The van der Waals surface area contributed by atoms with E-state index in [4.69, 9.17) is 0 Å². The Kier molecular flexibility index (Phi) is 7.52. The summed E-state index contributed by atoms with van der Waals surface area (Å²) in [6.07, 6.45) is 6.08. The molecule has 1 amide bonds. The van der Waals surface area contributed by atoms with Gasteiger partial charge in [-0.15, -0.1) is 12.4 Å². The first kappa shape index (κ1) is 23.5. The van der Waals surface area contributed by atoms with Crippen molar-refractivity contribution < 1.29 is 4.79 Å². The molecule has 3 aromatic carbocycles. The molecule has 1 aliphatic heterocycles. The Morgan fingerprint density at radius 2 is 1.55 bits per heavy atom. The Bertz CT molecular complexity index is 1070. The molecule has 33 heavy (non-hydrogen) atoms. The smallest absolute Gasteiger partial charge is 0.251 e. The number of amides is 1.